The molecule has 0 aliphatic heterocycles. The lowest BCUT2D eigenvalue weighted by molar-refractivity contribution is 0.425. The van der Waals surface area contributed by atoms with Gasteiger partial charge in [-0.3, -0.25) is 0 Å². The minimum Gasteiger partial charge on any atom is -0.507 e. The van der Waals surface area contributed by atoms with E-state index in [4.69, 9.17) is 0 Å². The molecule has 26 heavy (non-hydrogen) atoms. The van der Waals surface area contributed by atoms with E-state index in [1.807, 2.05) is 6.92 Å². The molecule has 2 aromatic carbocycles. The molecule has 2 rings (SSSR count). The van der Waals surface area contributed by atoms with Crippen molar-refractivity contribution < 1.29 is 5.11 Å². The van der Waals surface area contributed by atoms with Crippen molar-refractivity contribution in [3.05, 3.63) is 52.6 Å². The van der Waals surface area contributed by atoms with Crippen LogP contribution in [0.15, 0.2) is 30.3 Å². The van der Waals surface area contributed by atoms with E-state index < -0.39 is 0 Å². The summed E-state index contributed by atoms with van der Waals surface area (Å²) in [5.41, 5.74) is 4.97. The van der Waals surface area contributed by atoms with Gasteiger partial charge in [-0.1, -0.05) is 59.2 Å². The Labute approximate surface area is 161 Å². The van der Waals surface area contributed by atoms with Gasteiger partial charge in [0.25, 0.3) is 0 Å². The minimum atomic E-state index is 0.0710. The van der Waals surface area contributed by atoms with E-state index in [0.717, 1.165) is 17.4 Å². The summed E-state index contributed by atoms with van der Waals surface area (Å²) < 4.78 is 0. The van der Waals surface area contributed by atoms with Crippen molar-refractivity contribution in [1.82, 2.24) is 5.32 Å². The van der Waals surface area contributed by atoms with Crippen molar-refractivity contribution in [3.63, 3.8) is 0 Å². The van der Waals surface area contributed by atoms with Crippen molar-refractivity contribution in [2.45, 2.75) is 72.9 Å². The molecule has 0 aliphatic carbocycles. The lowest BCUT2D eigenvalue weighted by Crippen LogP contribution is -2.36. The second-order valence-electron chi connectivity index (χ2n) is 9.33. The number of aryl methyl sites for hydroxylation is 2. The molecule has 1 unspecified atom stereocenters. The molecule has 0 saturated heterocycles. The van der Waals surface area contributed by atoms with Crippen molar-refractivity contribution in [3.8, 4) is 5.75 Å². The molecular weight excluding hydrogens is 337 g/mol. The van der Waals surface area contributed by atoms with Crippen molar-refractivity contribution in [2.75, 3.05) is 0 Å². The Morgan fingerprint density at radius 1 is 0.923 bits per heavy atom. The second kappa shape index (κ2) is 7.71. The van der Waals surface area contributed by atoms with Crippen LogP contribution >= 0.6 is 8.58 Å². The molecule has 0 fully saturated rings. The van der Waals surface area contributed by atoms with E-state index in [1.165, 1.54) is 22.0 Å². The molecule has 0 heterocycles. The van der Waals surface area contributed by atoms with E-state index in [-0.39, 0.29) is 11.0 Å². The third-order valence-corrected chi connectivity index (χ3v) is 5.91. The first-order chi connectivity index (χ1) is 11.9. The van der Waals surface area contributed by atoms with Gasteiger partial charge in [0, 0.05) is 17.4 Å². The zero-order valence-electron chi connectivity index (χ0n) is 17.5. The van der Waals surface area contributed by atoms with E-state index in [9.17, 15) is 5.11 Å². The van der Waals surface area contributed by atoms with Gasteiger partial charge in [0.15, 0.2) is 0 Å². The molecule has 0 bridgehead atoms. The molecule has 1 atom stereocenters. The smallest absolute Gasteiger partial charge is 0.126 e. The van der Waals surface area contributed by atoms with Crippen LogP contribution in [-0.2, 0) is 12.0 Å². The number of rotatable bonds is 4. The molecule has 2 aromatic rings. The highest BCUT2D eigenvalue weighted by Crippen LogP contribution is 2.30. The summed E-state index contributed by atoms with van der Waals surface area (Å²) in [6.07, 6.45) is 0. The molecule has 0 saturated carbocycles. The number of aromatic hydroxyl groups is 1. The van der Waals surface area contributed by atoms with Gasteiger partial charge in [0.1, 0.15) is 5.75 Å². The summed E-state index contributed by atoms with van der Waals surface area (Å²) >= 11 is 0. The molecular formula is C23H34NOP. The number of nitrogens with one attached hydrogen (secondary N) is 1. The fourth-order valence-electron chi connectivity index (χ4n) is 2.80. The van der Waals surface area contributed by atoms with Crippen LogP contribution in [-0.4, -0.2) is 10.6 Å². The Bertz CT molecular complexity index is 782. The second-order valence-corrected chi connectivity index (χ2v) is 10.7. The maximum atomic E-state index is 10.6. The Balaban J connectivity index is 2.41. The Morgan fingerprint density at radius 2 is 1.58 bits per heavy atom. The Morgan fingerprint density at radius 3 is 2.15 bits per heavy atom. The van der Waals surface area contributed by atoms with Crippen LogP contribution in [0.25, 0.3) is 0 Å². The van der Waals surface area contributed by atoms with E-state index >= 15 is 0 Å². The molecule has 0 amide bonds. The van der Waals surface area contributed by atoms with Crippen LogP contribution < -0.4 is 15.9 Å². The lowest BCUT2D eigenvalue weighted by Gasteiger charge is -2.23. The number of phenols is 1. The van der Waals surface area contributed by atoms with Gasteiger partial charge >= 0.3 is 0 Å². The summed E-state index contributed by atoms with van der Waals surface area (Å²) in [7, 11) is 0.446. The quantitative estimate of drug-likeness (QED) is 0.755. The highest BCUT2D eigenvalue weighted by atomic mass is 31.1. The van der Waals surface area contributed by atoms with E-state index in [2.05, 4.69) is 84.1 Å². The van der Waals surface area contributed by atoms with E-state index in [0.29, 0.717) is 14.3 Å². The van der Waals surface area contributed by atoms with Crippen LogP contribution in [0.5, 0.6) is 5.75 Å². The molecule has 0 aromatic heterocycles. The maximum absolute atomic E-state index is 10.6. The average molecular weight is 372 g/mol. The topological polar surface area (TPSA) is 32.3 Å². The standard InChI is InChI=1S/C23H34NOP/c1-15-9-10-19(17(11-15)14-24-23(6,7)8)26-20-13-18(22(3,4)5)12-16(2)21(20)25/h9-13,24-26H,14H2,1-8H3. The van der Waals surface area contributed by atoms with Gasteiger partial charge in [-0.15, -0.1) is 0 Å². The number of hydrogen-bond donors (Lipinski definition) is 2. The third-order valence-electron chi connectivity index (χ3n) is 4.51. The van der Waals surface area contributed by atoms with Crippen molar-refractivity contribution >= 4 is 19.2 Å². The van der Waals surface area contributed by atoms with Crippen LogP contribution in [0.2, 0.25) is 0 Å². The lowest BCUT2D eigenvalue weighted by atomic mass is 9.86. The van der Waals surface area contributed by atoms with Crippen LogP contribution in [0, 0.1) is 13.8 Å². The molecule has 0 aliphatic rings. The Kier molecular flexibility index (Phi) is 6.20. The summed E-state index contributed by atoms with van der Waals surface area (Å²) in [6, 6.07) is 10.9. The monoisotopic (exact) mass is 371 g/mol. The molecule has 2 nitrogen and oxygen atoms in total. The third kappa shape index (κ3) is 5.56. The number of benzene rings is 2. The fourth-order valence-corrected chi connectivity index (χ4v) is 4.13. The SMILES string of the molecule is Cc1ccc(Pc2cc(C(C)(C)C)cc(C)c2O)c(CNC(C)(C)C)c1. The minimum absolute atomic E-state index is 0.0710. The average Bonchev–Trinajstić information content (AvgIpc) is 2.49. The molecule has 0 spiro atoms. The summed E-state index contributed by atoms with van der Waals surface area (Å²) in [4.78, 5) is 0. The summed E-state index contributed by atoms with van der Waals surface area (Å²) in [6.45, 7) is 18.2. The van der Waals surface area contributed by atoms with Gasteiger partial charge in [-0.05, 0) is 68.1 Å². The molecule has 0 radical (unpaired) electrons. The Hall–Kier alpha value is -1.37. The summed E-state index contributed by atoms with van der Waals surface area (Å²) in [5, 5.41) is 16.6. The van der Waals surface area contributed by atoms with Gasteiger partial charge < -0.3 is 10.4 Å². The number of phenolic OH excluding ortho intramolecular Hbond substituents is 1. The van der Waals surface area contributed by atoms with Crippen LogP contribution in [0.1, 0.15) is 63.8 Å². The predicted molar refractivity (Wildman–Crippen MR) is 117 cm³/mol. The molecule has 2 N–H and O–H groups in total. The highest BCUT2D eigenvalue weighted by molar-refractivity contribution is 7.55. The van der Waals surface area contributed by atoms with Crippen molar-refractivity contribution in [2.24, 2.45) is 0 Å². The molecule has 3 heteroatoms. The first-order valence-electron chi connectivity index (χ1n) is 9.32. The predicted octanol–water partition coefficient (Wildman–Crippen LogP) is 4.82. The maximum Gasteiger partial charge on any atom is 0.126 e. The first kappa shape index (κ1) is 20.9. The highest BCUT2D eigenvalue weighted by Gasteiger charge is 2.18. The van der Waals surface area contributed by atoms with Gasteiger partial charge in [0.05, 0.1) is 0 Å². The van der Waals surface area contributed by atoms with Gasteiger partial charge in [-0.2, -0.15) is 0 Å². The van der Waals surface area contributed by atoms with Crippen molar-refractivity contribution in [1.29, 1.82) is 0 Å². The van der Waals surface area contributed by atoms with E-state index in [1.54, 1.807) is 0 Å². The van der Waals surface area contributed by atoms with Crippen LogP contribution in [0.3, 0.4) is 0 Å². The zero-order valence-corrected chi connectivity index (χ0v) is 18.5. The zero-order chi connectivity index (χ0) is 19.7. The first-order valence-corrected chi connectivity index (χ1v) is 10.3. The van der Waals surface area contributed by atoms with Gasteiger partial charge in [0.2, 0.25) is 0 Å². The summed E-state index contributed by atoms with van der Waals surface area (Å²) in [5.74, 6) is 0.437. The fraction of sp³-hybridized carbons (Fsp3) is 0.478. The van der Waals surface area contributed by atoms with Crippen LogP contribution in [0.4, 0.5) is 0 Å². The largest absolute Gasteiger partial charge is 0.507 e. The molecule has 142 valence electrons. The number of hydrogen-bond acceptors (Lipinski definition) is 2. The van der Waals surface area contributed by atoms with Gasteiger partial charge in [-0.25, -0.2) is 0 Å². The normalized spacial score (nSPS) is 12.9.